The molecule has 0 saturated carbocycles. The molecular weight excluding hydrogens is 209 g/mol. The fourth-order valence-corrected chi connectivity index (χ4v) is 1.16. The zero-order valence-corrected chi connectivity index (χ0v) is 9.29. The van der Waals surface area contributed by atoms with Crippen molar-refractivity contribution < 1.29 is 13.9 Å². The Morgan fingerprint density at radius 2 is 2.19 bits per heavy atom. The van der Waals surface area contributed by atoms with E-state index in [-0.39, 0.29) is 11.8 Å². The number of carbonyl (C=O) groups excluding carboxylic acids is 1. The van der Waals surface area contributed by atoms with Gasteiger partial charge >= 0.3 is 5.97 Å². The van der Waals surface area contributed by atoms with Crippen molar-refractivity contribution >= 4 is 11.7 Å². The van der Waals surface area contributed by atoms with Crippen LogP contribution in [0.25, 0.3) is 0 Å². The van der Waals surface area contributed by atoms with Gasteiger partial charge in [0.15, 0.2) is 0 Å². The molecule has 0 amide bonds. The maximum absolute atomic E-state index is 13.2. The number of hydrogen-bond donors (Lipinski definition) is 1. The Labute approximate surface area is 93.9 Å². The second kappa shape index (κ2) is 5.90. The molecule has 0 unspecified atom stereocenters. The summed E-state index contributed by atoms with van der Waals surface area (Å²) in [5, 5.41) is 2.86. The predicted octanol–water partition coefficient (Wildman–Crippen LogP) is 2.36. The van der Waals surface area contributed by atoms with Crippen LogP contribution in [0.1, 0.15) is 6.92 Å². The van der Waals surface area contributed by atoms with Gasteiger partial charge in [-0.25, -0.2) is 9.18 Å². The first-order valence-corrected chi connectivity index (χ1v) is 4.88. The van der Waals surface area contributed by atoms with Gasteiger partial charge in [-0.3, -0.25) is 0 Å². The summed E-state index contributed by atoms with van der Waals surface area (Å²) in [7, 11) is 1.32. The minimum absolute atomic E-state index is 0.313. The highest BCUT2D eigenvalue weighted by Crippen LogP contribution is 2.11. The average Bonchev–Trinajstić information content (AvgIpc) is 2.30. The molecule has 1 aromatic carbocycles. The summed E-state index contributed by atoms with van der Waals surface area (Å²) in [4.78, 5) is 11.0. The lowest BCUT2D eigenvalue weighted by atomic mass is 10.2. The Bertz CT molecular complexity index is 402. The highest BCUT2D eigenvalue weighted by atomic mass is 19.1. The topological polar surface area (TPSA) is 38.3 Å². The van der Waals surface area contributed by atoms with Gasteiger partial charge < -0.3 is 10.1 Å². The largest absolute Gasteiger partial charge is 0.466 e. The molecule has 4 heteroatoms. The Morgan fingerprint density at radius 1 is 1.50 bits per heavy atom. The van der Waals surface area contributed by atoms with Gasteiger partial charge in [0.1, 0.15) is 5.82 Å². The van der Waals surface area contributed by atoms with Crippen LogP contribution in [0.15, 0.2) is 35.9 Å². The van der Waals surface area contributed by atoms with Gasteiger partial charge in [0.2, 0.25) is 0 Å². The van der Waals surface area contributed by atoms with Crippen LogP contribution in [0.3, 0.4) is 0 Å². The summed E-state index contributed by atoms with van der Waals surface area (Å²) in [6, 6.07) is 6.37. The van der Waals surface area contributed by atoms with E-state index in [2.05, 4.69) is 10.1 Å². The highest BCUT2D eigenvalue weighted by molar-refractivity contribution is 5.87. The lowest BCUT2D eigenvalue weighted by molar-refractivity contribution is -0.136. The van der Waals surface area contributed by atoms with Crippen LogP contribution in [0.2, 0.25) is 0 Å². The first-order valence-electron chi connectivity index (χ1n) is 4.88. The first-order chi connectivity index (χ1) is 7.65. The lowest BCUT2D eigenvalue weighted by Gasteiger charge is -2.04. The summed E-state index contributed by atoms with van der Waals surface area (Å²) in [5.41, 5.74) is 0.905. The number of anilines is 1. The number of hydrogen-bond acceptors (Lipinski definition) is 3. The fraction of sp³-hybridized carbons (Fsp3) is 0.250. The van der Waals surface area contributed by atoms with Crippen LogP contribution in [0.4, 0.5) is 10.1 Å². The molecule has 0 aliphatic carbocycles. The number of methoxy groups -OCH3 is 1. The van der Waals surface area contributed by atoms with Gasteiger partial charge in [-0.1, -0.05) is 18.2 Å². The van der Waals surface area contributed by atoms with Crippen LogP contribution in [-0.4, -0.2) is 19.6 Å². The second-order valence-electron chi connectivity index (χ2n) is 3.24. The number of carbonyl (C=O) groups is 1. The lowest BCUT2D eigenvalue weighted by Crippen LogP contribution is -2.06. The van der Waals surface area contributed by atoms with Gasteiger partial charge in [-0.2, -0.15) is 0 Å². The Balaban J connectivity index is 2.53. The fourth-order valence-electron chi connectivity index (χ4n) is 1.16. The number of rotatable bonds is 4. The molecule has 16 heavy (non-hydrogen) atoms. The summed E-state index contributed by atoms with van der Waals surface area (Å²) in [5.74, 6) is -0.693. The molecule has 1 rings (SSSR count). The molecule has 0 bridgehead atoms. The summed E-state index contributed by atoms with van der Waals surface area (Å²) in [6.07, 6.45) is 1.65. The zero-order chi connectivity index (χ0) is 12.0. The molecule has 0 heterocycles. The monoisotopic (exact) mass is 223 g/mol. The summed E-state index contributed by atoms with van der Waals surface area (Å²) >= 11 is 0. The molecule has 0 atom stereocenters. The molecule has 0 fully saturated rings. The van der Waals surface area contributed by atoms with E-state index in [9.17, 15) is 9.18 Å². The van der Waals surface area contributed by atoms with Crippen molar-refractivity contribution in [2.45, 2.75) is 6.92 Å². The van der Waals surface area contributed by atoms with E-state index in [1.807, 2.05) is 0 Å². The zero-order valence-electron chi connectivity index (χ0n) is 9.29. The summed E-state index contributed by atoms with van der Waals surface area (Å²) < 4.78 is 17.7. The number of benzene rings is 1. The Morgan fingerprint density at radius 3 is 2.81 bits per heavy atom. The first kappa shape index (κ1) is 12.2. The molecule has 1 aromatic rings. The van der Waals surface area contributed by atoms with Crippen LogP contribution in [-0.2, 0) is 9.53 Å². The third-order valence-electron chi connectivity index (χ3n) is 2.08. The molecule has 0 saturated heterocycles. The van der Waals surface area contributed by atoms with Crippen LogP contribution in [0.5, 0.6) is 0 Å². The van der Waals surface area contributed by atoms with E-state index in [0.717, 1.165) is 0 Å². The van der Waals surface area contributed by atoms with Crippen molar-refractivity contribution in [1.82, 2.24) is 0 Å². The standard InChI is InChI=1S/C12H14FNO2/c1-9(12(15)16-2)7-8-14-11-6-4-3-5-10(11)13/h3-7,14H,8H2,1-2H3/b9-7+. The van der Waals surface area contributed by atoms with Gasteiger partial charge in [0.25, 0.3) is 0 Å². The van der Waals surface area contributed by atoms with Crippen molar-refractivity contribution in [2.24, 2.45) is 0 Å². The second-order valence-corrected chi connectivity index (χ2v) is 3.24. The summed E-state index contributed by atoms with van der Waals surface area (Å²) in [6.45, 7) is 2.02. The average molecular weight is 223 g/mol. The van der Waals surface area contributed by atoms with Crippen molar-refractivity contribution in [3.63, 3.8) is 0 Å². The molecule has 0 aliphatic heterocycles. The number of halogens is 1. The van der Waals surface area contributed by atoms with Gasteiger partial charge in [-0.05, 0) is 19.1 Å². The van der Waals surface area contributed by atoms with Crippen molar-refractivity contribution in [3.8, 4) is 0 Å². The van der Waals surface area contributed by atoms with Crippen molar-refractivity contribution in [3.05, 3.63) is 41.7 Å². The van der Waals surface area contributed by atoms with Crippen LogP contribution < -0.4 is 5.32 Å². The highest BCUT2D eigenvalue weighted by Gasteiger charge is 2.02. The van der Waals surface area contributed by atoms with Gasteiger partial charge in [-0.15, -0.1) is 0 Å². The van der Waals surface area contributed by atoms with Gasteiger partial charge in [0.05, 0.1) is 12.8 Å². The Kier molecular flexibility index (Phi) is 4.51. The molecule has 0 aromatic heterocycles. The maximum Gasteiger partial charge on any atom is 0.333 e. The molecular formula is C12H14FNO2. The number of esters is 1. The van der Waals surface area contributed by atoms with Crippen LogP contribution >= 0.6 is 0 Å². The van der Waals surface area contributed by atoms with E-state index in [4.69, 9.17) is 0 Å². The third kappa shape index (κ3) is 3.38. The molecule has 3 nitrogen and oxygen atoms in total. The van der Waals surface area contributed by atoms with E-state index >= 15 is 0 Å². The SMILES string of the molecule is COC(=O)/C(C)=C/CNc1ccccc1F. The van der Waals surface area contributed by atoms with E-state index < -0.39 is 0 Å². The van der Waals surface area contributed by atoms with E-state index in [0.29, 0.717) is 17.8 Å². The number of para-hydroxylation sites is 1. The van der Waals surface area contributed by atoms with E-state index in [1.165, 1.54) is 13.2 Å². The maximum atomic E-state index is 13.2. The van der Waals surface area contributed by atoms with Crippen molar-refractivity contribution in [1.29, 1.82) is 0 Å². The molecule has 0 spiro atoms. The molecule has 0 aliphatic rings. The normalized spacial score (nSPS) is 11.1. The van der Waals surface area contributed by atoms with Crippen molar-refractivity contribution in [2.75, 3.05) is 19.0 Å². The predicted molar refractivity (Wildman–Crippen MR) is 60.7 cm³/mol. The van der Waals surface area contributed by atoms with E-state index in [1.54, 1.807) is 31.2 Å². The smallest absolute Gasteiger partial charge is 0.333 e. The van der Waals surface area contributed by atoms with Gasteiger partial charge in [0, 0.05) is 12.1 Å². The number of nitrogens with one attached hydrogen (secondary N) is 1. The van der Waals surface area contributed by atoms with Crippen LogP contribution in [0, 0.1) is 5.82 Å². The Hall–Kier alpha value is -1.84. The third-order valence-corrected chi connectivity index (χ3v) is 2.08. The quantitative estimate of drug-likeness (QED) is 0.629. The minimum atomic E-state index is -0.379. The molecule has 0 radical (unpaired) electrons. The minimum Gasteiger partial charge on any atom is -0.466 e. The molecule has 86 valence electrons. The molecule has 1 N–H and O–H groups in total. The number of ether oxygens (including phenoxy) is 1.